The van der Waals surface area contributed by atoms with E-state index in [0.29, 0.717) is 17.6 Å². The average Bonchev–Trinajstić information content (AvgIpc) is 2.44. The van der Waals surface area contributed by atoms with Crippen molar-refractivity contribution >= 4 is 23.5 Å². The Morgan fingerprint density at radius 2 is 1.86 bits per heavy atom. The maximum atomic E-state index is 12.7. The molecule has 0 heterocycles. The van der Waals surface area contributed by atoms with Gasteiger partial charge in [0, 0.05) is 18.5 Å². The van der Waals surface area contributed by atoms with Crippen LogP contribution in [0.5, 0.6) is 0 Å². The molecule has 3 nitrogen and oxygen atoms in total. The Hall–Kier alpha value is -1.90. The van der Waals surface area contributed by atoms with Crippen LogP contribution in [0, 0.1) is 17.8 Å². The fourth-order valence-corrected chi connectivity index (χ4v) is 3.07. The molecule has 1 aromatic carbocycles. The molecule has 0 unspecified atom stereocenters. The van der Waals surface area contributed by atoms with Crippen LogP contribution in [-0.4, -0.2) is 11.7 Å². The summed E-state index contributed by atoms with van der Waals surface area (Å²) in [6, 6.07) is 7.62. The Balaban J connectivity index is 2.22. The minimum absolute atomic E-state index is 0.0815. The summed E-state index contributed by atoms with van der Waals surface area (Å²) in [7, 11) is 0. The lowest BCUT2D eigenvalue weighted by atomic mass is 9.73. The second kappa shape index (κ2) is 6.91. The molecule has 1 aromatic rings. The molecule has 2 rings (SSSR count). The number of Topliss-reactive ketones (excluding diaryl/α,β-unsaturated/α-hetero) is 1. The van der Waals surface area contributed by atoms with Gasteiger partial charge in [-0.25, -0.2) is 0 Å². The van der Waals surface area contributed by atoms with E-state index in [1.807, 2.05) is 30.3 Å². The SMILES string of the molecule is CC(=O)Nc1ccc(C=C2C(=O)[C@@H](C(C)C)CC[C@H]2C)cc1. The zero-order chi connectivity index (χ0) is 16.3. The third-order valence-corrected chi connectivity index (χ3v) is 4.42. The van der Waals surface area contributed by atoms with Crippen molar-refractivity contribution in [1.29, 1.82) is 0 Å². The number of carbonyl (C=O) groups excluding carboxylic acids is 2. The van der Waals surface area contributed by atoms with E-state index in [1.165, 1.54) is 6.92 Å². The molecule has 3 heteroatoms. The van der Waals surface area contributed by atoms with Crippen LogP contribution < -0.4 is 5.32 Å². The normalized spacial score (nSPS) is 23.9. The minimum Gasteiger partial charge on any atom is -0.326 e. The quantitative estimate of drug-likeness (QED) is 0.846. The summed E-state index contributed by atoms with van der Waals surface area (Å²) in [6.45, 7) is 7.87. The molecule has 0 bridgehead atoms. The maximum Gasteiger partial charge on any atom is 0.221 e. The highest BCUT2D eigenvalue weighted by Crippen LogP contribution is 2.35. The van der Waals surface area contributed by atoms with Gasteiger partial charge < -0.3 is 5.32 Å². The second-order valence-electron chi connectivity index (χ2n) is 6.60. The summed E-state index contributed by atoms with van der Waals surface area (Å²) < 4.78 is 0. The van der Waals surface area contributed by atoms with Crippen LogP contribution in [0.2, 0.25) is 0 Å². The highest BCUT2D eigenvalue weighted by atomic mass is 16.1. The molecule has 1 saturated carbocycles. The van der Waals surface area contributed by atoms with Crippen molar-refractivity contribution in [2.75, 3.05) is 5.32 Å². The first-order valence-electron chi connectivity index (χ1n) is 8.02. The van der Waals surface area contributed by atoms with Crippen molar-refractivity contribution in [2.45, 2.75) is 40.5 Å². The van der Waals surface area contributed by atoms with Gasteiger partial charge in [-0.3, -0.25) is 9.59 Å². The number of allylic oxidation sites excluding steroid dienone is 1. The number of hydrogen-bond donors (Lipinski definition) is 1. The van der Waals surface area contributed by atoms with E-state index >= 15 is 0 Å². The Bertz CT molecular complexity index is 584. The first kappa shape index (κ1) is 16.5. The monoisotopic (exact) mass is 299 g/mol. The Morgan fingerprint density at radius 1 is 1.23 bits per heavy atom. The standard InChI is InChI=1S/C19H25NO2/c1-12(2)17-10-5-13(3)18(19(17)22)11-15-6-8-16(9-7-15)20-14(4)21/h6-9,11-13,17H,5,10H2,1-4H3,(H,20,21)/t13-,17-/m1/s1. The summed E-state index contributed by atoms with van der Waals surface area (Å²) in [5.41, 5.74) is 2.73. The van der Waals surface area contributed by atoms with Crippen molar-refractivity contribution < 1.29 is 9.59 Å². The smallest absolute Gasteiger partial charge is 0.221 e. The van der Waals surface area contributed by atoms with Gasteiger partial charge in [-0.05, 0) is 54.0 Å². The van der Waals surface area contributed by atoms with Crippen LogP contribution in [0.25, 0.3) is 6.08 Å². The van der Waals surface area contributed by atoms with Crippen LogP contribution in [0.3, 0.4) is 0 Å². The predicted molar refractivity (Wildman–Crippen MR) is 90.5 cm³/mol. The van der Waals surface area contributed by atoms with E-state index in [-0.39, 0.29) is 11.8 Å². The fourth-order valence-electron chi connectivity index (χ4n) is 3.07. The molecule has 0 spiro atoms. The van der Waals surface area contributed by atoms with Crippen LogP contribution >= 0.6 is 0 Å². The number of amides is 1. The summed E-state index contributed by atoms with van der Waals surface area (Å²) in [6.07, 6.45) is 4.08. The van der Waals surface area contributed by atoms with Crippen LogP contribution in [-0.2, 0) is 9.59 Å². The van der Waals surface area contributed by atoms with E-state index in [0.717, 1.165) is 29.7 Å². The molecule has 118 valence electrons. The van der Waals surface area contributed by atoms with Crippen LogP contribution in [0.1, 0.15) is 46.1 Å². The number of anilines is 1. The second-order valence-corrected chi connectivity index (χ2v) is 6.60. The fraction of sp³-hybridized carbons (Fsp3) is 0.474. The van der Waals surface area contributed by atoms with E-state index in [2.05, 4.69) is 26.1 Å². The van der Waals surface area contributed by atoms with Crippen molar-refractivity contribution in [3.8, 4) is 0 Å². The Kier molecular flexibility index (Phi) is 5.17. The van der Waals surface area contributed by atoms with Crippen LogP contribution in [0.4, 0.5) is 5.69 Å². The molecular formula is C19H25NO2. The van der Waals surface area contributed by atoms with Gasteiger partial charge in [-0.15, -0.1) is 0 Å². The lowest BCUT2D eigenvalue weighted by Crippen LogP contribution is -2.30. The lowest BCUT2D eigenvalue weighted by Gasteiger charge is -2.30. The molecule has 0 saturated heterocycles. The predicted octanol–water partition coefficient (Wildman–Crippen LogP) is 4.30. The van der Waals surface area contributed by atoms with Gasteiger partial charge >= 0.3 is 0 Å². The van der Waals surface area contributed by atoms with Gasteiger partial charge in [0.25, 0.3) is 0 Å². The van der Waals surface area contributed by atoms with Gasteiger partial charge in [0.15, 0.2) is 5.78 Å². The van der Waals surface area contributed by atoms with E-state index in [9.17, 15) is 9.59 Å². The summed E-state index contributed by atoms with van der Waals surface area (Å²) in [5, 5.41) is 2.75. The lowest BCUT2D eigenvalue weighted by molar-refractivity contribution is -0.122. The van der Waals surface area contributed by atoms with Crippen molar-refractivity contribution in [3.05, 3.63) is 35.4 Å². The molecule has 1 aliphatic carbocycles. The van der Waals surface area contributed by atoms with Crippen LogP contribution in [0.15, 0.2) is 29.8 Å². The van der Waals surface area contributed by atoms with Crippen molar-refractivity contribution in [1.82, 2.24) is 0 Å². The summed E-state index contributed by atoms with van der Waals surface area (Å²) in [4.78, 5) is 23.7. The average molecular weight is 299 g/mol. The molecule has 1 amide bonds. The van der Waals surface area contributed by atoms with Gasteiger partial charge in [0.1, 0.15) is 0 Å². The van der Waals surface area contributed by atoms with Gasteiger partial charge in [-0.2, -0.15) is 0 Å². The molecule has 0 aromatic heterocycles. The number of ketones is 1. The third-order valence-electron chi connectivity index (χ3n) is 4.42. The largest absolute Gasteiger partial charge is 0.326 e. The first-order chi connectivity index (χ1) is 10.4. The summed E-state index contributed by atoms with van der Waals surface area (Å²) in [5.74, 6) is 1.09. The summed E-state index contributed by atoms with van der Waals surface area (Å²) >= 11 is 0. The molecule has 0 radical (unpaired) electrons. The number of nitrogens with one attached hydrogen (secondary N) is 1. The highest BCUT2D eigenvalue weighted by Gasteiger charge is 2.32. The zero-order valence-corrected chi connectivity index (χ0v) is 13.8. The molecule has 22 heavy (non-hydrogen) atoms. The van der Waals surface area contributed by atoms with Crippen molar-refractivity contribution in [2.24, 2.45) is 17.8 Å². The molecule has 2 atom stereocenters. The topological polar surface area (TPSA) is 46.2 Å². The highest BCUT2D eigenvalue weighted by molar-refractivity contribution is 6.02. The van der Waals surface area contributed by atoms with Crippen molar-refractivity contribution in [3.63, 3.8) is 0 Å². The van der Waals surface area contributed by atoms with E-state index in [4.69, 9.17) is 0 Å². The van der Waals surface area contributed by atoms with Gasteiger partial charge in [0.05, 0.1) is 0 Å². The molecule has 1 fully saturated rings. The molecule has 1 aliphatic rings. The zero-order valence-electron chi connectivity index (χ0n) is 13.8. The molecule has 1 N–H and O–H groups in total. The first-order valence-corrected chi connectivity index (χ1v) is 8.02. The molecular weight excluding hydrogens is 274 g/mol. The maximum absolute atomic E-state index is 12.7. The van der Waals surface area contributed by atoms with Gasteiger partial charge in [0.2, 0.25) is 5.91 Å². The molecule has 0 aliphatic heterocycles. The third kappa shape index (κ3) is 3.85. The Labute approximate surface area is 132 Å². The number of carbonyl (C=O) groups is 2. The van der Waals surface area contributed by atoms with E-state index < -0.39 is 0 Å². The number of benzene rings is 1. The number of rotatable bonds is 3. The minimum atomic E-state index is -0.0815. The number of hydrogen-bond acceptors (Lipinski definition) is 2. The Morgan fingerprint density at radius 3 is 2.41 bits per heavy atom. The van der Waals surface area contributed by atoms with E-state index in [1.54, 1.807) is 0 Å². The van der Waals surface area contributed by atoms with Gasteiger partial charge in [-0.1, -0.05) is 32.9 Å².